The van der Waals surface area contributed by atoms with Gasteiger partial charge in [0.2, 0.25) is 17.7 Å². The Balaban J connectivity index is 0.707. The van der Waals surface area contributed by atoms with Crippen molar-refractivity contribution < 1.29 is 28.4 Å². The first-order chi connectivity index (χ1) is 34.0. The molecule has 5 fully saturated rings. The molecule has 372 valence electrons. The first-order valence-electron chi connectivity index (χ1n) is 25.7. The Labute approximate surface area is 409 Å². The summed E-state index contributed by atoms with van der Waals surface area (Å²) in [5, 5.41) is 11.2. The summed E-state index contributed by atoms with van der Waals surface area (Å²) in [6.07, 6.45) is 9.34. The molecule has 0 radical (unpaired) electrons. The van der Waals surface area contributed by atoms with Crippen molar-refractivity contribution in [2.45, 2.75) is 83.1 Å². The van der Waals surface area contributed by atoms with Crippen molar-refractivity contribution in [1.29, 1.82) is 0 Å². The third kappa shape index (κ3) is 11.6. The summed E-state index contributed by atoms with van der Waals surface area (Å²) in [5.41, 5.74) is 2.64. The summed E-state index contributed by atoms with van der Waals surface area (Å²) in [6, 6.07) is 18.8. The van der Waals surface area contributed by atoms with E-state index in [2.05, 4.69) is 25.3 Å². The van der Waals surface area contributed by atoms with E-state index in [0.29, 0.717) is 92.3 Å². The number of aromatic amines is 1. The molecule has 2 N–H and O–H groups in total. The first-order valence-corrected chi connectivity index (χ1v) is 25.7. The van der Waals surface area contributed by atoms with Gasteiger partial charge >= 0.3 is 0 Å². The van der Waals surface area contributed by atoms with E-state index in [1.807, 2.05) is 46.2 Å². The maximum atomic E-state index is 15.1. The van der Waals surface area contributed by atoms with Gasteiger partial charge in [0.1, 0.15) is 11.9 Å². The quantitative estimate of drug-likeness (QED) is 0.201. The van der Waals surface area contributed by atoms with Gasteiger partial charge in [0.05, 0.1) is 23.2 Å². The molecule has 5 amide bonds. The van der Waals surface area contributed by atoms with Gasteiger partial charge in [-0.05, 0) is 105 Å². The van der Waals surface area contributed by atoms with Crippen LogP contribution in [-0.4, -0.2) is 167 Å². The monoisotopic (exact) mass is 958 g/mol. The van der Waals surface area contributed by atoms with Crippen molar-refractivity contribution in [3.63, 3.8) is 0 Å². The van der Waals surface area contributed by atoms with Gasteiger partial charge in [0, 0.05) is 102 Å². The second kappa shape index (κ2) is 22.4. The number of carbonyl (C=O) groups is 5. The molecule has 4 aromatic rings. The lowest BCUT2D eigenvalue weighted by molar-refractivity contribution is -0.137. The van der Waals surface area contributed by atoms with E-state index < -0.39 is 17.8 Å². The Morgan fingerprint density at radius 2 is 1.43 bits per heavy atom. The van der Waals surface area contributed by atoms with Crippen molar-refractivity contribution in [3.8, 4) is 0 Å². The molecule has 1 aliphatic carbocycles. The Bertz CT molecular complexity index is 2590. The van der Waals surface area contributed by atoms with Crippen molar-refractivity contribution in [2.75, 3.05) is 91.6 Å². The zero-order valence-corrected chi connectivity index (χ0v) is 40.6. The second-order valence-electron chi connectivity index (χ2n) is 20.3. The van der Waals surface area contributed by atoms with Crippen LogP contribution >= 0.6 is 0 Å². The van der Waals surface area contributed by atoms with E-state index >= 15 is 4.39 Å². The third-order valence-corrected chi connectivity index (χ3v) is 15.8. The number of nitrogens with zero attached hydrogens (tertiary/aromatic N) is 7. The van der Waals surface area contributed by atoms with Crippen molar-refractivity contribution in [1.82, 2.24) is 44.9 Å². The molecule has 0 spiro atoms. The molecule has 5 aliphatic rings. The topological polar surface area (TPSA) is 163 Å². The zero-order valence-electron chi connectivity index (χ0n) is 40.6. The molecule has 15 nitrogen and oxygen atoms in total. The fourth-order valence-electron chi connectivity index (χ4n) is 11.5. The minimum atomic E-state index is -0.605. The molecule has 3 aromatic carbocycles. The lowest BCUT2D eigenvalue weighted by Crippen LogP contribution is -2.57. The highest BCUT2D eigenvalue weighted by Gasteiger charge is 2.36. The van der Waals surface area contributed by atoms with E-state index in [-0.39, 0.29) is 46.6 Å². The number of halogens is 1. The Kier molecular flexibility index (Phi) is 15.7. The third-order valence-electron chi connectivity index (χ3n) is 15.8. The fourth-order valence-corrected chi connectivity index (χ4v) is 11.5. The molecule has 70 heavy (non-hydrogen) atoms. The van der Waals surface area contributed by atoms with Gasteiger partial charge in [-0.1, -0.05) is 55.7 Å². The lowest BCUT2D eigenvalue weighted by atomic mass is 9.83. The smallest absolute Gasteiger partial charge is 0.272 e. The van der Waals surface area contributed by atoms with Crippen LogP contribution in [0.15, 0.2) is 71.5 Å². The molecule has 0 bridgehead atoms. The van der Waals surface area contributed by atoms with Crippen LogP contribution in [0.1, 0.15) is 108 Å². The fraction of sp³-hybridized carbons (Fsp3) is 0.537. The number of carbonyl (C=O) groups excluding carboxylic acids is 5. The summed E-state index contributed by atoms with van der Waals surface area (Å²) in [7, 11) is 0. The number of aromatic nitrogens is 2. The molecule has 5 heterocycles. The average molecular weight is 958 g/mol. The molecule has 1 aromatic heterocycles. The summed E-state index contributed by atoms with van der Waals surface area (Å²) < 4.78 is 15.1. The zero-order chi connectivity index (χ0) is 48.7. The number of fused-ring (bicyclic) bond motifs is 1. The number of amides is 5. The maximum Gasteiger partial charge on any atom is 0.272 e. The first kappa shape index (κ1) is 49.0. The highest BCUT2D eigenvalue weighted by molar-refractivity contribution is 5.98. The summed E-state index contributed by atoms with van der Waals surface area (Å²) in [5.74, 6) is -0.286. The van der Waals surface area contributed by atoms with Crippen LogP contribution in [-0.2, 0) is 20.8 Å². The van der Waals surface area contributed by atoms with Gasteiger partial charge in [-0.25, -0.2) is 9.49 Å². The van der Waals surface area contributed by atoms with Crippen LogP contribution in [0.5, 0.6) is 0 Å². The number of hydrogen-bond donors (Lipinski definition) is 2. The molecule has 4 aliphatic heterocycles. The highest BCUT2D eigenvalue weighted by atomic mass is 19.1. The predicted octanol–water partition coefficient (Wildman–Crippen LogP) is 4.90. The van der Waals surface area contributed by atoms with Crippen LogP contribution in [0.3, 0.4) is 0 Å². The Morgan fingerprint density at radius 3 is 2.17 bits per heavy atom. The lowest BCUT2D eigenvalue weighted by Gasteiger charge is -2.41. The van der Waals surface area contributed by atoms with Crippen LogP contribution in [0.25, 0.3) is 10.8 Å². The van der Waals surface area contributed by atoms with Gasteiger partial charge < -0.3 is 24.9 Å². The molecule has 2 atom stereocenters. The molecular weight excluding hydrogens is 890 g/mol. The number of nitrogens with one attached hydrogen (secondary N) is 2. The number of piperidine rings is 2. The molecular formula is C54H68FN9O6. The minimum absolute atomic E-state index is 0.0218. The Hall–Kier alpha value is -6.00. The normalized spacial score (nSPS) is 20.6. The SMILES string of the molecule is CC(=O)N1CCCC(c2cccc(C(=O)NC(C(=O)N3CCN(CC4CCN(CC(=O)N5CCN(C(=O)c6cc(Cc7n[nH]c(=O)c8ccccc78)ccc6F)CC5)CC4)CC3)C3CCCCC3)c2)C1. The van der Waals surface area contributed by atoms with E-state index in [0.717, 1.165) is 103 Å². The number of hydrogen-bond acceptors (Lipinski definition) is 9. The van der Waals surface area contributed by atoms with E-state index in [1.54, 1.807) is 41.0 Å². The number of benzene rings is 3. The maximum absolute atomic E-state index is 15.1. The molecule has 16 heteroatoms. The van der Waals surface area contributed by atoms with Crippen LogP contribution < -0.4 is 10.9 Å². The number of rotatable bonds is 12. The summed E-state index contributed by atoms with van der Waals surface area (Å²) in [6.45, 7) is 10.2. The van der Waals surface area contributed by atoms with E-state index in [9.17, 15) is 28.8 Å². The summed E-state index contributed by atoms with van der Waals surface area (Å²) in [4.78, 5) is 91.6. The van der Waals surface area contributed by atoms with Crippen LogP contribution in [0.4, 0.5) is 4.39 Å². The van der Waals surface area contributed by atoms with Crippen molar-refractivity contribution in [3.05, 3.63) is 111 Å². The molecule has 2 unspecified atom stereocenters. The molecule has 1 saturated carbocycles. The minimum Gasteiger partial charge on any atom is -0.342 e. The van der Waals surface area contributed by atoms with Gasteiger partial charge in [-0.3, -0.25) is 38.6 Å². The van der Waals surface area contributed by atoms with Gasteiger partial charge in [0.15, 0.2) is 0 Å². The van der Waals surface area contributed by atoms with Crippen LogP contribution in [0, 0.1) is 17.7 Å². The molecule has 9 rings (SSSR count). The number of piperazine rings is 2. The average Bonchev–Trinajstić information content (AvgIpc) is 3.40. The largest absolute Gasteiger partial charge is 0.342 e. The summed E-state index contributed by atoms with van der Waals surface area (Å²) >= 11 is 0. The van der Waals surface area contributed by atoms with E-state index in [1.165, 1.54) is 6.07 Å². The van der Waals surface area contributed by atoms with Crippen molar-refractivity contribution in [2.24, 2.45) is 11.8 Å². The number of likely N-dealkylation sites (tertiary alicyclic amines) is 2. The van der Waals surface area contributed by atoms with E-state index in [4.69, 9.17) is 0 Å². The Morgan fingerprint density at radius 1 is 0.714 bits per heavy atom. The standard InChI is InChI=1S/C54H68FN9O6/c1-37(65)64-20-8-13-43(35-64)41-11-7-12-42(33-41)51(67)56-50(40-9-3-2-4-10-40)54(70)63-25-23-60(24-26-63)34-38-18-21-59(22-19-38)36-49(66)61-27-29-62(30-28-61)53(69)46-31-39(16-17-47(46)55)32-48-44-14-5-6-15-45(44)52(68)58-57-48/h5-7,11-12,14-17,31,33,38,40,43,50H,2-4,8-10,13,18-30,32,34-36H2,1H3,(H,56,67)(H,58,68). The predicted molar refractivity (Wildman–Crippen MR) is 265 cm³/mol. The highest BCUT2D eigenvalue weighted by Crippen LogP contribution is 2.30. The van der Waals surface area contributed by atoms with Gasteiger partial charge in [0.25, 0.3) is 17.4 Å². The molecule has 4 saturated heterocycles. The van der Waals surface area contributed by atoms with Crippen LogP contribution in [0.2, 0.25) is 0 Å². The van der Waals surface area contributed by atoms with Gasteiger partial charge in [-0.2, -0.15) is 5.10 Å². The second-order valence-corrected chi connectivity index (χ2v) is 20.3. The van der Waals surface area contributed by atoms with Crippen molar-refractivity contribution >= 4 is 40.3 Å². The number of H-pyrrole nitrogens is 1. The van der Waals surface area contributed by atoms with Gasteiger partial charge in [-0.15, -0.1) is 0 Å².